The van der Waals surface area contributed by atoms with Crippen molar-refractivity contribution >= 4 is 65.4 Å². The summed E-state index contributed by atoms with van der Waals surface area (Å²) in [6.07, 6.45) is 12.1. The summed E-state index contributed by atoms with van der Waals surface area (Å²) < 4.78 is 133. The summed E-state index contributed by atoms with van der Waals surface area (Å²) >= 11 is 0. The van der Waals surface area contributed by atoms with Gasteiger partial charge in [-0.2, -0.15) is 0 Å². The van der Waals surface area contributed by atoms with Crippen LogP contribution in [0.25, 0.3) is 0 Å². The molecule has 3 nitrogen and oxygen atoms in total. The number of ether oxygens (including phenoxy) is 2. The van der Waals surface area contributed by atoms with Gasteiger partial charge in [0.2, 0.25) is 0 Å². The Morgan fingerprint density at radius 1 is 0.327 bits per heavy atom. The minimum absolute atomic E-state index is 0.0796. The van der Waals surface area contributed by atoms with Crippen molar-refractivity contribution in [3.8, 4) is 11.5 Å². The van der Waals surface area contributed by atoms with Gasteiger partial charge in [-0.25, -0.2) is 0 Å². The largest absolute Gasteiger partial charge is 0.586 e. The molecule has 0 aliphatic carbocycles. The third-order valence-electron chi connectivity index (χ3n) is 15.3. The smallest absolute Gasteiger partial charge is 0.496 e. The highest BCUT2D eigenvalue weighted by atomic mass is 32.2. The molecule has 0 amide bonds. The molecule has 0 N–H and O–H groups in total. The van der Waals surface area contributed by atoms with Crippen molar-refractivity contribution in [1.82, 2.24) is 4.90 Å². The van der Waals surface area contributed by atoms with E-state index in [1.807, 2.05) is 24.3 Å². The van der Waals surface area contributed by atoms with Crippen LogP contribution in [0.2, 0.25) is 0 Å². The second kappa shape index (κ2) is 41.4. The maximum absolute atomic E-state index is 13.8. The molecule has 10 rings (SSSR count). The van der Waals surface area contributed by atoms with Crippen LogP contribution in [-0.4, -0.2) is 87.1 Å². The number of methoxy groups -OCH3 is 1. The number of rotatable bonds is 16. The molecular formula is C86H102F9NO2S6+6. The zero-order valence-electron chi connectivity index (χ0n) is 63.0. The minimum atomic E-state index is -4.31. The molecule has 10 aromatic rings. The van der Waals surface area contributed by atoms with Crippen molar-refractivity contribution in [3.63, 3.8) is 0 Å². The third kappa shape index (κ3) is 28.5. The van der Waals surface area contributed by atoms with Gasteiger partial charge in [0, 0.05) is 41.7 Å². The Hall–Kier alpha value is -6.77. The van der Waals surface area contributed by atoms with Crippen molar-refractivity contribution in [2.24, 2.45) is 0 Å². The van der Waals surface area contributed by atoms with Crippen molar-refractivity contribution in [3.05, 3.63) is 288 Å². The summed E-state index contributed by atoms with van der Waals surface area (Å²) in [4.78, 5) is 9.41. The van der Waals surface area contributed by atoms with E-state index in [1.54, 1.807) is 105 Å². The van der Waals surface area contributed by atoms with Crippen LogP contribution >= 0.6 is 0 Å². The first-order valence-electron chi connectivity index (χ1n) is 33.6. The second-order valence-electron chi connectivity index (χ2n) is 27.0. The zero-order chi connectivity index (χ0) is 77.2. The number of hydrogen-bond acceptors (Lipinski definition) is 3. The van der Waals surface area contributed by atoms with Gasteiger partial charge in [0.1, 0.15) is 24.0 Å². The Bertz CT molecular complexity index is 3900. The fourth-order valence-electron chi connectivity index (χ4n) is 10.4. The predicted molar refractivity (Wildman–Crippen MR) is 431 cm³/mol. The fourth-order valence-corrected chi connectivity index (χ4v) is 18.5. The molecule has 0 saturated heterocycles. The molecule has 0 aliphatic rings. The first-order chi connectivity index (χ1) is 48.8. The Labute approximate surface area is 631 Å². The SMILES string of the molecule is CC(C)(C)c1ccc([S+](c2ccc(C(C)(C)C)cc2)C(F)(F)F)cc1.COc1c(C)cc([S+](c2ccccc2)C(F)(F)F)cc1C.C[S+](C)C.C[S+](C)c1ccccc1.Cc1cc([S+](c2ccccc2)c2ccccc2)cc(C)c1OCCCN(C)C.FC(F)(F)[S+](c1ccccc1)c1ccccc1. The van der Waals surface area contributed by atoms with Crippen molar-refractivity contribution in [2.45, 2.75) is 152 Å². The molecule has 0 saturated carbocycles. The van der Waals surface area contributed by atoms with Gasteiger partial charge in [0.05, 0.1) is 43.4 Å². The summed E-state index contributed by atoms with van der Waals surface area (Å²) in [5.41, 5.74) is -7.10. The van der Waals surface area contributed by atoms with Crippen LogP contribution in [0.3, 0.4) is 0 Å². The summed E-state index contributed by atoms with van der Waals surface area (Å²) in [5.74, 6) is 1.67. The quantitative estimate of drug-likeness (QED) is 0.0547. The average Bonchev–Trinajstić information content (AvgIpc) is 0.805. The highest BCUT2D eigenvalue weighted by molar-refractivity contribution is 7.98. The lowest BCUT2D eigenvalue weighted by atomic mass is 9.87. The van der Waals surface area contributed by atoms with Crippen LogP contribution in [0.15, 0.2) is 304 Å². The number of aryl methyl sites for hydroxylation is 4. The lowest BCUT2D eigenvalue weighted by Crippen LogP contribution is -2.24. The Kier molecular flexibility index (Phi) is 35.0. The van der Waals surface area contributed by atoms with Gasteiger partial charge in [-0.05, 0) is 200 Å². The van der Waals surface area contributed by atoms with Crippen molar-refractivity contribution in [1.29, 1.82) is 0 Å². The maximum Gasteiger partial charge on any atom is 0.586 e. The molecule has 0 bridgehead atoms. The first kappa shape index (κ1) is 87.9. The monoisotopic (exact) mass is 1540 g/mol. The summed E-state index contributed by atoms with van der Waals surface area (Å²) in [6.45, 7) is 22.0. The molecular weight excluding hydrogens is 1440 g/mol. The number of nitrogens with zero attached hydrogens (tertiary/aromatic N) is 1. The number of hydrogen-bond donors (Lipinski definition) is 0. The molecule has 556 valence electrons. The average molecular weight is 1550 g/mol. The van der Waals surface area contributed by atoms with Gasteiger partial charge in [-0.1, -0.05) is 175 Å². The van der Waals surface area contributed by atoms with E-state index in [0.29, 0.717) is 58.2 Å². The van der Waals surface area contributed by atoms with Gasteiger partial charge >= 0.3 is 16.5 Å². The van der Waals surface area contributed by atoms with Gasteiger partial charge in [-0.3, -0.25) is 0 Å². The molecule has 104 heavy (non-hydrogen) atoms. The van der Waals surface area contributed by atoms with Crippen LogP contribution < -0.4 is 9.47 Å². The summed E-state index contributed by atoms with van der Waals surface area (Å²) in [6, 6.07) is 77.6. The topological polar surface area (TPSA) is 21.7 Å². The van der Waals surface area contributed by atoms with Crippen LogP contribution in [0.1, 0.15) is 81.3 Å². The normalized spacial score (nSPS) is 12.0. The van der Waals surface area contributed by atoms with E-state index in [9.17, 15) is 39.5 Å². The highest BCUT2D eigenvalue weighted by Gasteiger charge is 2.56. The molecule has 18 heteroatoms. The summed E-state index contributed by atoms with van der Waals surface area (Å²) in [7, 11) is 0.896. The third-order valence-corrected chi connectivity index (χ3v) is 24.5. The van der Waals surface area contributed by atoms with Crippen LogP contribution in [-0.2, 0) is 76.2 Å². The van der Waals surface area contributed by atoms with Crippen molar-refractivity contribution in [2.75, 3.05) is 65.6 Å². The lowest BCUT2D eigenvalue weighted by molar-refractivity contribution is -0.0379. The molecule has 1 atom stereocenters. The Morgan fingerprint density at radius 3 is 0.827 bits per heavy atom. The number of benzene rings is 10. The molecule has 0 spiro atoms. The second-order valence-corrected chi connectivity index (χ2v) is 39.6. The van der Waals surface area contributed by atoms with Gasteiger partial charge in [-0.15, -0.1) is 39.5 Å². The fraction of sp³-hybridized carbons (Fsp3) is 0.302. The van der Waals surface area contributed by atoms with E-state index in [1.165, 1.54) is 74.2 Å². The minimum Gasteiger partial charge on any atom is -0.496 e. The standard InChI is InChI=1S/C25H30NOS.C21H26F3S.C16H16F3OS.C13H10F3S.C8H11S.C3H9S/c1-20-18-24(19-21(2)25(20)27-17-11-16-26(3)4)28(22-12-7-5-8-13-22)23-14-9-6-10-15-23;1-19(2,3)15-7-11-17(12-8-15)25(21(22,23)24)18-13-9-16(10-14-18)20(4,5)6;1-11-9-14(10-12(2)15(11)20-3)21(16(17,18)19)13-7-5-4-6-8-13;14-13(15,16)17(11-7-3-1-4-8-11)12-9-5-2-6-10-12;1-9(2)8-6-4-3-5-7-8;1-4(2)3/h5-10,12-15,18-19H,11,16-17H2,1-4H3;7-14H,1-6H3;4-10H,1-3H3;1-10H;3-7H,1-2H3;1-3H3/q6*+1. The van der Waals surface area contributed by atoms with E-state index in [0.717, 1.165) is 36.4 Å². The molecule has 1 unspecified atom stereocenters. The zero-order valence-corrected chi connectivity index (χ0v) is 67.9. The Balaban J connectivity index is 0.000000238. The molecule has 0 fully saturated rings. The first-order valence-corrected chi connectivity index (χ1v) is 43.0. The highest BCUT2D eigenvalue weighted by Crippen LogP contribution is 2.43. The van der Waals surface area contributed by atoms with Crippen LogP contribution in [0.5, 0.6) is 11.5 Å². The maximum atomic E-state index is 13.8. The summed E-state index contributed by atoms with van der Waals surface area (Å²) in [5, 5.41) is 0. The van der Waals surface area contributed by atoms with E-state index in [2.05, 4.69) is 209 Å². The molecule has 0 heterocycles. The number of halogens is 9. The lowest BCUT2D eigenvalue weighted by Gasteiger charge is -2.20. The van der Waals surface area contributed by atoms with E-state index in [4.69, 9.17) is 9.47 Å². The van der Waals surface area contributed by atoms with Gasteiger partial charge in [0.25, 0.3) is 0 Å². The predicted octanol–water partition coefficient (Wildman–Crippen LogP) is 24.1. The Morgan fingerprint density at radius 2 is 0.577 bits per heavy atom. The molecule has 0 radical (unpaired) electrons. The van der Waals surface area contributed by atoms with Crippen molar-refractivity contribution < 1.29 is 49.0 Å². The van der Waals surface area contributed by atoms with Crippen LogP contribution in [0.4, 0.5) is 39.5 Å². The van der Waals surface area contributed by atoms with E-state index >= 15 is 0 Å². The van der Waals surface area contributed by atoms with E-state index < -0.39 is 49.2 Å². The van der Waals surface area contributed by atoms with E-state index in [-0.39, 0.29) is 31.5 Å². The van der Waals surface area contributed by atoms with Crippen LogP contribution in [0, 0.1) is 27.7 Å². The molecule has 0 aromatic heterocycles. The van der Waals surface area contributed by atoms with Gasteiger partial charge < -0.3 is 14.4 Å². The number of alkyl halides is 9. The molecule has 10 aromatic carbocycles. The van der Waals surface area contributed by atoms with Gasteiger partial charge in [0.15, 0.2) is 81.6 Å². The molecule has 0 aliphatic heterocycles.